The summed E-state index contributed by atoms with van der Waals surface area (Å²) in [4.78, 5) is 7.14. The Morgan fingerprint density at radius 3 is 2.80 bits per heavy atom. The standard InChI is InChI=1S/C16H21N3O/c1-17-11-13-10-12-4-2-3-5-15(12)18-16(13)19-8-6-14(20)7-9-19/h2-5,10,14,17,20H,6-9,11H2,1H3. The summed E-state index contributed by atoms with van der Waals surface area (Å²) in [5.41, 5.74) is 2.26. The molecule has 0 spiro atoms. The van der Waals surface area contributed by atoms with Crippen LogP contribution < -0.4 is 10.2 Å². The number of aliphatic hydroxyl groups is 1. The van der Waals surface area contributed by atoms with E-state index in [0.29, 0.717) is 0 Å². The van der Waals surface area contributed by atoms with Gasteiger partial charge in [0, 0.05) is 30.6 Å². The zero-order valence-corrected chi connectivity index (χ0v) is 11.8. The Hall–Kier alpha value is -1.65. The lowest BCUT2D eigenvalue weighted by atomic mass is 10.1. The van der Waals surface area contributed by atoms with Gasteiger partial charge in [0.15, 0.2) is 0 Å². The first-order valence-electron chi connectivity index (χ1n) is 7.24. The molecule has 1 aromatic heterocycles. The number of hydrogen-bond donors (Lipinski definition) is 2. The maximum atomic E-state index is 9.66. The van der Waals surface area contributed by atoms with E-state index in [-0.39, 0.29) is 6.10 Å². The zero-order chi connectivity index (χ0) is 13.9. The summed E-state index contributed by atoms with van der Waals surface area (Å²) in [5.74, 6) is 1.06. The fraction of sp³-hybridized carbons (Fsp3) is 0.438. The van der Waals surface area contributed by atoms with E-state index in [4.69, 9.17) is 4.98 Å². The van der Waals surface area contributed by atoms with E-state index in [9.17, 15) is 5.11 Å². The molecule has 0 amide bonds. The molecular weight excluding hydrogens is 250 g/mol. The van der Waals surface area contributed by atoms with Gasteiger partial charge in [-0.1, -0.05) is 18.2 Å². The third-order valence-corrected chi connectivity index (χ3v) is 3.91. The van der Waals surface area contributed by atoms with E-state index in [0.717, 1.165) is 43.8 Å². The predicted octanol–water partition coefficient (Wildman–Crippen LogP) is 1.92. The molecule has 2 heterocycles. The molecule has 1 fully saturated rings. The third-order valence-electron chi connectivity index (χ3n) is 3.91. The van der Waals surface area contributed by atoms with Crippen LogP contribution in [-0.4, -0.2) is 36.3 Å². The van der Waals surface area contributed by atoms with Gasteiger partial charge in [0.1, 0.15) is 5.82 Å². The zero-order valence-electron chi connectivity index (χ0n) is 11.8. The van der Waals surface area contributed by atoms with Crippen molar-refractivity contribution in [1.29, 1.82) is 0 Å². The summed E-state index contributed by atoms with van der Waals surface area (Å²) in [7, 11) is 1.96. The highest BCUT2D eigenvalue weighted by Gasteiger charge is 2.20. The molecule has 2 N–H and O–H groups in total. The van der Waals surface area contributed by atoms with Gasteiger partial charge in [0.05, 0.1) is 11.6 Å². The quantitative estimate of drug-likeness (QED) is 0.895. The van der Waals surface area contributed by atoms with Crippen molar-refractivity contribution in [2.75, 3.05) is 25.0 Å². The lowest BCUT2D eigenvalue weighted by molar-refractivity contribution is 0.145. The minimum atomic E-state index is -0.153. The number of rotatable bonds is 3. The Kier molecular flexibility index (Phi) is 3.85. The summed E-state index contributed by atoms with van der Waals surface area (Å²) in [6.07, 6.45) is 1.50. The second kappa shape index (κ2) is 5.77. The summed E-state index contributed by atoms with van der Waals surface area (Å²) in [6, 6.07) is 10.5. The summed E-state index contributed by atoms with van der Waals surface area (Å²) in [6.45, 7) is 2.57. The number of pyridine rings is 1. The van der Waals surface area contributed by atoms with Gasteiger partial charge in [-0.25, -0.2) is 4.98 Å². The van der Waals surface area contributed by atoms with Gasteiger partial charge in [-0.15, -0.1) is 0 Å². The molecule has 0 atom stereocenters. The van der Waals surface area contributed by atoms with Gasteiger partial charge in [0.2, 0.25) is 0 Å². The van der Waals surface area contributed by atoms with Crippen LogP contribution in [0.3, 0.4) is 0 Å². The number of piperidine rings is 1. The summed E-state index contributed by atoms with van der Waals surface area (Å²) in [5, 5.41) is 14.1. The first kappa shape index (κ1) is 13.3. The molecular formula is C16H21N3O. The number of benzene rings is 1. The second-order valence-electron chi connectivity index (χ2n) is 5.41. The maximum absolute atomic E-state index is 9.66. The van der Waals surface area contributed by atoms with E-state index < -0.39 is 0 Å². The molecule has 1 aliphatic heterocycles. The fourth-order valence-electron chi connectivity index (χ4n) is 2.82. The third kappa shape index (κ3) is 2.62. The van der Waals surface area contributed by atoms with Crippen molar-refractivity contribution < 1.29 is 5.11 Å². The van der Waals surface area contributed by atoms with Gasteiger partial charge in [-0.3, -0.25) is 0 Å². The minimum Gasteiger partial charge on any atom is -0.393 e. The number of hydrogen-bond acceptors (Lipinski definition) is 4. The van der Waals surface area contributed by atoms with Crippen LogP contribution in [0.1, 0.15) is 18.4 Å². The minimum absolute atomic E-state index is 0.153. The Bertz CT molecular complexity index is 591. The van der Waals surface area contributed by atoms with Gasteiger partial charge in [-0.2, -0.15) is 0 Å². The van der Waals surface area contributed by atoms with Crippen molar-refractivity contribution >= 4 is 16.7 Å². The smallest absolute Gasteiger partial charge is 0.133 e. The SMILES string of the molecule is CNCc1cc2ccccc2nc1N1CCC(O)CC1. The number of aromatic nitrogens is 1. The van der Waals surface area contributed by atoms with E-state index in [1.807, 2.05) is 19.2 Å². The highest BCUT2D eigenvalue weighted by Crippen LogP contribution is 2.26. The van der Waals surface area contributed by atoms with Crippen molar-refractivity contribution in [2.45, 2.75) is 25.5 Å². The molecule has 1 aromatic carbocycles. The van der Waals surface area contributed by atoms with Gasteiger partial charge in [-0.05, 0) is 32.0 Å². The van der Waals surface area contributed by atoms with Gasteiger partial charge < -0.3 is 15.3 Å². The Labute approximate surface area is 119 Å². The molecule has 0 bridgehead atoms. The van der Waals surface area contributed by atoms with Crippen molar-refractivity contribution in [3.63, 3.8) is 0 Å². The lowest BCUT2D eigenvalue weighted by Gasteiger charge is -2.32. The fourth-order valence-corrected chi connectivity index (χ4v) is 2.82. The molecule has 0 saturated carbocycles. The molecule has 3 rings (SSSR count). The van der Waals surface area contributed by atoms with E-state index in [2.05, 4.69) is 28.4 Å². The second-order valence-corrected chi connectivity index (χ2v) is 5.41. The van der Waals surface area contributed by atoms with Crippen molar-refractivity contribution in [2.24, 2.45) is 0 Å². The highest BCUT2D eigenvalue weighted by molar-refractivity contribution is 5.81. The van der Waals surface area contributed by atoms with Crippen molar-refractivity contribution in [3.05, 3.63) is 35.9 Å². The topological polar surface area (TPSA) is 48.4 Å². The van der Waals surface area contributed by atoms with Crippen molar-refractivity contribution in [3.8, 4) is 0 Å². The summed E-state index contributed by atoms with van der Waals surface area (Å²) >= 11 is 0. The van der Waals surface area contributed by atoms with Crippen LogP contribution in [0.5, 0.6) is 0 Å². The summed E-state index contributed by atoms with van der Waals surface area (Å²) < 4.78 is 0. The molecule has 0 unspecified atom stereocenters. The van der Waals surface area contributed by atoms with Crippen LogP contribution in [0.25, 0.3) is 10.9 Å². The number of nitrogens with zero attached hydrogens (tertiary/aromatic N) is 2. The lowest BCUT2D eigenvalue weighted by Crippen LogP contribution is -2.37. The number of para-hydroxylation sites is 1. The predicted molar refractivity (Wildman–Crippen MR) is 82.0 cm³/mol. The molecule has 0 aliphatic carbocycles. The molecule has 4 heteroatoms. The highest BCUT2D eigenvalue weighted by atomic mass is 16.3. The van der Waals surface area contributed by atoms with Crippen LogP contribution >= 0.6 is 0 Å². The maximum Gasteiger partial charge on any atom is 0.133 e. The van der Waals surface area contributed by atoms with Crippen LogP contribution in [0, 0.1) is 0 Å². The van der Waals surface area contributed by atoms with Crippen LogP contribution in [0.4, 0.5) is 5.82 Å². The number of aliphatic hydroxyl groups excluding tert-OH is 1. The molecule has 2 aromatic rings. The normalized spacial score (nSPS) is 16.8. The van der Waals surface area contributed by atoms with E-state index >= 15 is 0 Å². The van der Waals surface area contributed by atoms with Gasteiger partial charge >= 0.3 is 0 Å². The van der Waals surface area contributed by atoms with Crippen LogP contribution in [-0.2, 0) is 6.54 Å². The van der Waals surface area contributed by atoms with E-state index in [1.165, 1.54) is 10.9 Å². The van der Waals surface area contributed by atoms with Crippen molar-refractivity contribution in [1.82, 2.24) is 10.3 Å². The Morgan fingerprint density at radius 1 is 1.30 bits per heavy atom. The van der Waals surface area contributed by atoms with Crippen LogP contribution in [0.15, 0.2) is 30.3 Å². The van der Waals surface area contributed by atoms with E-state index in [1.54, 1.807) is 0 Å². The molecule has 106 valence electrons. The Morgan fingerprint density at radius 2 is 2.05 bits per heavy atom. The first-order valence-corrected chi connectivity index (χ1v) is 7.24. The monoisotopic (exact) mass is 271 g/mol. The Balaban J connectivity index is 2.00. The first-order chi connectivity index (χ1) is 9.78. The van der Waals surface area contributed by atoms with Crippen LogP contribution in [0.2, 0.25) is 0 Å². The molecule has 0 radical (unpaired) electrons. The molecule has 1 aliphatic rings. The molecule has 1 saturated heterocycles. The largest absolute Gasteiger partial charge is 0.393 e. The average Bonchev–Trinajstić information content (AvgIpc) is 2.48. The number of nitrogens with one attached hydrogen (secondary N) is 1. The number of anilines is 1. The van der Waals surface area contributed by atoms with Gasteiger partial charge in [0.25, 0.3) is 0 Å². The molecule has 20 heavy (non-hydrogen) atoms. The number of fused-ring (bicyclic) bond motifs is 1. The molecule has 4 nitrogen and oxygen atoms in total. The average molecular weight is 271 g/mol.